The van der Waals surface area contributed by atoms with Gasteiger partial charge < -0.3 is 4.52 Å². The maximum Gasteiger partial charge on any atom is 0.234 e. The molecule has 0 atom stereocenters. The van der Waals surface area contributed by atoms with E-state index in [2.05, 4.69) is 47.0 Å². The lowest BCUT2D eigenvalue weighted by atomic mass is 10.0. The molecular weight excluding hydrogens is 402 g/mol. The third-order valence-corrected chi connectivity index (χ3v) is 4.66. The maximum atomic E-state index is 12.1. The van der Waals surface area contributed by atoms with Crippen molar-refractivity contribution in [2.24, 2.45) is 5.92 Å². The first-order valence-corrected chi connectivity index (χ1v) is 8.39. The van der Waals surface area contributed by atoms with Crippen LogP contribution in [0.5, 0.6) is 0 Å². The van der Waals surface area contributed by atoms with Crippen molar-refractivity contribution in [2.45, 2.75) is 32.1 Å². The number of carbonyl (C=O) groups excluding carboxylic acids is 1. The molecule has 110 valence electrons. The van der Waals surface area contributed by atoms with Crippen LogP contribution in [0, 0.1) is 5.92 Å². The molecule has 0 unspecified atom stereocenters. The van der Waals surface area contributed by atoms with Crippen molar-refractivity contribution in [3.63, 3.8) is 0 Å². The lowest BCUT2D eigenvalue weighted by molar-refractivity contribution is -0.122. The molecule has 0 spiro atoms. The molecule has 21 heavy (non-hydrogen) atoms. The first-order valence-electron chi connectivity index (χ1n) is 6.80. The van der Waals surface area contributed by atoms with E-state index >= 15 is 0 Å². The first-order chi connectivity index (χ1) is 10.1. The van der Waals surface area contributed by atoms with Crippen LogP contribution < -0.4 is 0 Å². The fourth-order valence-electron chi connectivity index (χ4n) is 2.54. The van der Waals surface area contributed by atoms with Crippen molar-refractivity contribution < 1.29 is 9.32 Å². The summed E-state index contributed by atoms with van der Waals surface area (Å²) in [5, 5.41) is 3.91. The summed E-state index contributed by atoms with van der Waals surface area (Å²) < 4.78 is 6.81. The highest BCUT2D eigenvalue weighted by molar-refractivity contribution is 9.11. The molecule has 5 nitrogen and oxygen atoms in total. The number of Topliss-reactive ketones (excluding diaryl/α,β-unsaturated/α-hetero) is 1. The van der Waals surface area contributed by atoms with Crippen molar-refractivity contribution in [2.75, 3.05) is 0 Å². The Balaban J connectivity index is 1.75. The number of nitrogens with zero attached hydrogens (tertiary/aromatic N) is 3. The van der Waals surface area contributed by atoms with Gasteiger partial charge in [0.2, 0.25) is 11.7 Å². The minimum atomic E-state index is 0.165. The fraction of sp³-hybridized carbons (Fsp3) is 0.429. The van der Waals surface area contributed by atoms with E-state index in [0.717, 1.165) is 34.6 Å². The molecular formula is C14H13Br2N3O2. The zero-order chi connectivity index (χ0) is 14.8. The Labute approximate surface area is 138 Å². The van der Waals surface area contributed by atoms with Crippen LogP contribution in [-0.4, -0.2) is 20.9 Å². The van der Waals surface area contributed by atoms with Crippen molar-refractivity contribution >= 4 is 37.6 Å². The van der Waals surface area contributed by atoms with Crippen LogP contribution in [0.25, 0.3) is 11.5 Å². The monoisotopic (exact) mass is 413 g/mol. The van der Waals surface area contributed by atoms with Gasteiger partial charge in [0, 0.05) is 21.1 Å². The maximum absolute atomic E-state index is 12.1. The number of rotatable bonds is 4. The molecule has 1 aliphatic rings. The number of aromatic nitrogens is 3. The molecule has 0 saturated heterocycles. The van der Waals surface area contributed by atoms with Crippen LogP contribution in [0.1, 0.15) is 31.6 Å². The second-order valence-corrected chi connectivity index (χ2v) is 6.89. The predicted molar refractivity (Wildman–Crippen MR) is 83.6 cm³/mol. The van der Waals surface area contributed by atoms with Crippen LogP contribution in [0.4, 0.5) is 0 Å². The summed E-state index contributed by atoms with van der Waals surface area (Å²) in [5.74, 6) is 1.12. The molecule has 3 rings (SSSR count). The van der Waals surface area contributed by atoms with Gasteiger partial charge in [-0.15, -0.1) is 0 Å². The van der Waals surface area contributed by atoms with Gasteiger partial charge in [-0.3, -0.25) is 9.78 Å². The van der Waals surface area contributed by atoms with E-state index in [1.807, 2.05) is 6.07 Å². The molecule has 0 radical (unpaired) electrons. The van der Waals surface area contributed by atoms with Gasteiger partial charge in [0.05, 0.1) is 6.42 Å². The zero-order valence-corrected chi connectivity index (χ0v) is 14.4. The lowest BCUT2D eigenvalue weighted by Crippen LogP contribution is -2.13. The van der Waals surface area contributed by atoms with Gasteiger partial charge in [-0.25, -0.2) is 0 Å². The Morgan fingerprint density at radius 3 is 2.81 bits per heavy atom. The summed E-state index contributed by atoms with van der Waals surface area (Å²) in [6, 6.07) is 1.86. The van der Waals surface area contributed by atoms with Gasteiger partial charge in [0.25, 0.3) is 0 Å². The van der Waals surface area contributed by atoms with Crippen LogP contribution in [-0.2, 0) is 11.2 Å². The van der Waals surface area contributed by atoms with E-state index in [0.29, 0.717) is 17.4 Å². The third kappa shape index (κ3) is 3.40. The zero-order valence-electron chi connectivity index (χ0n) is 11.2. The number of ketones is 1. The van der Waals surface area contributed by atoms with Crippen LogP contribution >= 0.6 is 31.9 Å². The Kier molecular flexibility index (Phi) is 4.49. The summed E-state index contributed by atoms with van der Waals surface area (Å²) in [7, 11) is 0. The van der Waals surface area contributed by atoms with Crippen LogP contribution in [0.15, 0.2) is 25.7 Å². The molecule has 7 heteroatoms. The highest BCUT2D eigenvalue weighted by Crippen LogP contribution is 2.28. The summed E-state index contributed by atoms with van der Waals surface area (Å²) in [6.07, 6.45) is 6.13. The minimum absolute atomic E-state index is 0.165. The summed E-state index contributed by atoms with van der Waals surface area (Å²) in [4.78, 5) is 20.6. The van der Waals surface area contributed by atoms with E-state index in [9.17, 15) is 4.79 Å². The second kappa shape index (κ2) is 6.36. The topological polar surface area (TPSA) is 68.9 Å². The Morgan fingerprint density at radius 2 is 2.10 bits per heavy atom. The van der Waals surface area contributed by atoms with Gasteiger partial charge in [-0.2, -0.15) is 4.98 Å². The highest BCUT2D eigenvalue weighted by Gasteiger charge is 2.24. The quantitative estimate of drug-likeness (QED) is 0.757. The van der Waals surface area contributed by atoms with Gasteiger partial charge >= 0.3 is 0 Å². The van der Waals surface area contributed by atoms with Gasteiger partial charge in [0.15, 0.2) is 0 Å². The number of halogens is 2. The molecule has 2 aromatic rings. The van der Waals surface area contributed by atoms with Crippen LogP contribution in [0.3, 0.4) is 0 Å². The number of carbonyl (C=O) groups is 1. The summed E-state index contributed by atoms with van der Waals surface area (Å²) in [5.41, 5.74) is 0.599. The lowest BCUT2D eigenvalue weighted by Gasteiger charge is -2.04. The van der Waals surface area contributed by atoms with Crippen LogP contribution in [0.2, 0.25) is 0 Å². The van der Waals surface area contributed by atoms with Crippen molar-refractivity contribution in [1.82, 2.24) is 15.1 Å². The van der Waals surface area contributed by atoms with Gasteiger partial charge in [-0.1, -0.05) is 18.0 Å². The number of hydrogen-bond acceptors (Lipinski definition) is 5. The highest BCUT2D eigenvalue weighted by atomic mass is 79.9. The fourth-order valence-corrected chi connectivity index (χ4v) is 3.71. The average molecular weight is 415 g/mol. The van der Waals surface area contributed by atoms with E-state index in [-0.39, 0.29) is 18.1 Å². The molecule has 2 aromatic heterocycles. The standard InChI is InChI=1S/C14H13Br2N3O2/c15-9-5-10(16)13(17-7-9)14-18-12(21-19-14)6-11(20)8-3-1-2-4-8/h5,7-8H,1-4,6H2. The minimum Gasteiger partial charge on any atom is -0.338 e. The normalized spacial score (nSPS) is 15.5. The largest absolute Gasteiger partial charge is 0.338 e. The van der Waals surface area contributed by atoms with E-state index in [1.54, 1.807) is 6.20 Å². The van der Waals surface area contributed by atoms with Crippen molar-refractivity contribution in [3.05, 3.63) is 27.1 Å². The molecule has 0 aromatic carbocycles. The molecule has 0 amide bonds. The van der Waals surface area contributed by atoms with Crippen molar-refractivity contribution in [3.8, 4) is 11.5 Å². The van der Waals surface area contributed by atoms with E-state index in [4.69, 9.17) is 4.52 Å². The molecule has 1 saturated carbocycles. The third-order valence-electron chi connectivity index (χ3n) is 3.62. The molecule has 1 fully saturated rings. The number of hydrogen-bond donors (Lipinski definition) is 0. The molecule has 1 aliphatic carbocycles. The molecule has 0 bridgehead atoms. The average Bonchev–Trinajstić information content (AvgIpc) is 3.09. The molecule has 2 heterocycles. The second-order valence-electron chi connectivity index (χ2n) is 5.12. The SMILES string of the molecule is O=C(Cc1nc(-c2ncc(Br)cc2Br)no1)C1CCCC1. The summed E-state index contributed by atoms with van der Waals surface area (Å²) in [6.45, 7) is 0. The first kappa shape index (κ1) is 14.8. The molecule has 0 N–H and O–H groups in total. The Morgan fingerprint density at radius 1 is 1.33 bits per heavy atom. The van der Waals surface area contributed by atoms with Gasteiger partial charge in [0.1, 0.15) is 11.5 Å². The Hall–Kier alpha value is -1.08. The van der Waals surface area contributed by atoms with Gasteiger partial charge in [-0.05, 0) is 50.8 Å². The smallest absolute Gasteiger partial charge is 0.234 e. The summed E-state index contributed by atoms with van der Waals surface area (Å²) >= 11 is 6.76. The Bertz CT molecular complexity index is 666. The van der Waals surface area contributed by atoms with E-state index < -0.39 is 0 Å². The number of pyridine rings is 1. The predicted octanol–water partition coefficient (Wildman–Crippen LogP) is 3.96. The molecule has 0 aliphatic heterocycles. The van der Waals surface area contributed by atoms with Crippen molar-refractivity contribution in [1.29, 1.82) is 0 Å². The van der Waals surface area contributed by atoms with E-state index in [1.165, 1.54) is 0 Å².